The van der Waals surface area contributed by atoms with Crippen molar-refractivity contribution < 1.29 is 28.8 Å². The minimum absolute atomic E-state index is 0.0398. The summed E-state index contributed by atoms with van der Waals surface area (Å²) >= 11 is 0. The van der Waals surface area contributed by atoms with Gasteiger partial charge in [0.05, 0.1) is 19.8 Å². The summed E-state index contributed by atoms with van der Waals surface area (Å²) in [6.07, 6.45) is -4.10. The highest BCUT2D eigenvalue weighted by atomic mass is 16.7. The third kappa shape index (κ3) is 6.52. The molecule has 0 aliphatic carbocycles. The maximum atomic E-state index is 11.8. The number of azide groups is 1. The van der Waals surface area contributed by atoms with Gasteiger partial charge in [0, 0.05) is 11.8 Å². The Morgan fingerprint density at radius 3 is 2.26 bits per heavy atom. The van der Waals surface area contributed by atoms with Crippen LogP contribution in [0.15, 0.2) is 65.8 Å². The molecule has 0 aromatic heterocycles. The number of rotatable bonds is 9. The molecule has 1 heterocycles. The van der Waals surface area contributed by atoms with E-state index in [0.29, 0.717) is 6.61 Å². The van der Waals surface area contributed by atoms with E-state index in [2.05, 4.69) is 10.0 Å². The lowest BCUT2D eigenvalue weighted by Crippen LogP contribution is -2.60. The second kappa shape index (κ2) is 11.5. The molecule has 1 aliphatic heterocycles. The van der Waals surface area contributed by atoms with E-state index in [9.17, 15) is 9.90 Å². The van der Waals surface area contributed by atoms with Crippen LogP contribution in [0.25, 0.3) is 10.4 Å². The standard InChI is InChI=1S/C22H25N3O6/c1-15(26)30-20-18(14-28-12-16-8-4-2-5-9-16)31-22(27)19(24-25-23)21(20)29-13-17-10-6-3-7-11-17/h2-11,18-22,27H,12-14H2,1H3/t18-,19+,20-,21-,22?/m1/s1. The van der Waals surface area contributed by atoms with Crippen LogP contribution in [-0.2, 0) is 37.0 Å². The molecular weight excluding hydrogens is 402 g/mol. The first-order valence-electron chi connectivity index (χ1n) is 9.90. The minimum atomic E-state index is -1.44. The average molecular weight is 427 g/mol. The van der Waals surface area contributed by atoms with Crippen LogP contribution in [0, 0.1) is 0 Å². The zero-order valence-electron chi connectivity index (χ0n) is 17.1. The van der Waals surface area contributed by atoms with E-state index in [1.54, 1.807) is 0 Å². The number of nitrogens with zero attached hydrogens (tertiary/aromatic N) is 3. The van der Waals surface area contributed by atoms with Crippen LogP contribution in [-0.4, -0.2) is 48.3 Å². The smallest absolute Gasteiger partial charge is 0.303 e. The van der Waals surface area contributed by atoms with Crippen molar-refractivity contribution in [1.82, 2.24) is 0 Å². The normalized spacial score (nSPS) is 25.4. The topological polar surface area (TPSA) is 123 Å². The number of hydrogen-bond acceptors (Lipinski definition) is 7. The molecular formula is C22H25N3O6. The highest BCUT2D eigenvalue weighted by Crippen LogP contribution is 2.29. The molecule has 1 fully saturated rings. The molecule has 164 valence electrons. The fourth-order valence-electron chi connectivity index (χ4n) is 3.38. The molecule has 3 rings (SSSR count). The van der Waals surface area contributed by atoms with Gasteiger partial charge in [-0.05, 0) is 16.7 Å². The molecule has 5 atom stereocenters. The Kier molecular flexibility index (Phi) is 8.40. The first-order chi connectivity index (χ1) is 15.1. The van der Waals surface area contributed by atoms with Crippen LogP contribution in [0.5, 0.6) is 0 Å². The highest BCUT2D eigenvalue weighted by molar-refractivity contribution is 5.66. The van der Waals surface area contributed by atoms with Gasteiger partial charge in [-0.3, -0.25) is 4.79 Å². The maximum Gasteiger partial charge on any atom is 0.303 e. The van der Waals surface area contributed by atoms with Crippen LogP contribution in [0.4, 0.5) is 0 Å². The maximum absolute atomic E-state index is 11.8. The first kappa shape index (κ1) is 22.7. The van der Waals surface area contributed by atoms with E-state index in [1.165, 1.54) is 6.92 Å². The van der Waals surface area contributed by atoms with Crippen LogP contribution >= 0.6 is 0 Å². The van der Waals surface area contributed by atoms with Crippen molar-refractivity contribution in [2.45, 2.75) is 50.8 Å². The molecule has 1 N–H and O–H groups in total. The van der Waals surface area contributed by atoms with Gasteiger partial charge in [0.1, 0.15) is 18.2 Å². The minimum Gasteiger partial charge on any atom is -0.457 e. The molecule has 9 heteroatoms. The van der Waals surface area contributed by atoms with Gasteiger partial charge in [-0.2, -0.15) is 0 Å². The van der Waals surface area contributed by atoms with Crippen molar-refractivity contribution in [2.24, 2.45) is 5.11 Å². The zero-order valence-corrected chi connectivity index (χ0v) is 17.1. The SMILES string of the molecule is CC(=O)O[C@H]1[C@H](OCc2ccccc2)[C@H](N=[N+]=[N-])C(O)O[C@@H]1COCc1ccccc1. The summed E-state index contributed by atoms with van der Waals surface area (Å²) in [5.41, 5.74) is 10.8. The van der Waals surface area contributed by atoms with Crippen molar-refractivity contribution in [3.8, 4) is 0 Å². The Labute approximate surface area is 180 Å². The average Bonchev–Trinajstić information content (AvgIpc) is 2.77. The largest absolute Gasteiger partial charge is 0.457 e. The van der Waals surface area contributed by atoms with Crippen molar-refractivity contribution >= 4 is 5.97 Å². The van der Waals surface area contributed by atoms with Crippen LogP contribution in [0.3, 0.4) is 0 Å². The Morgan fingerprint density at radius 2 is 1.68 bits per heavy atom. The number of esters is 1. The Bertz CT molecular complexity index is 875. The number of aliphatic hydroxyl groups excluding tert-OH is 1. The Balaban J connectivity index is 1.75. The Morgan fingerprint density at radius 1 is 1.06 bits per heavy atom. The lowest BCUT2D eigenvalue weighted by molar-refractivity contribution is -0.267. The van der Waals surface area contributed by atoms with Gasteiger partial charge in [-0.1, -0.05) is 65.8 Å². The summed E-state index contributed by atoms with van der Waals surface area (Å²) in [7, 11) is 0. The number of carbonyl (C=O) groups excluding carboxylic acids is 1. The zero-order chi connectivity index (χ0) is 22.1. The summed E-state index contributed by atoms with van der Waals surface area (Å²) < 4.78 is 22.8. The fourth-order valence-corrected chi connectivity index (χ4v) is 3.38. The molecule has 1 aliphatic rings. The van der Waals surface area contributed by atoms with Gasteiger partial charge in [0.2, 0.25) is 0 Å². The van der Waals surface area contributed by atoms with E-state index in [-0.39, 0.29) is 13.2 Å². The molecule has 1 saturated heterocycles. The fraction of sp³-hybridized carbons (Fsp3) is 0.409. The summed E-state index contributed by atoms with van der Waals surface area (Å²) in [4.78, 5) is 14.6. The van der Waals surface area contributed by atoms with Gasteiger partial charge in [0.25, 0.3) is 0 Å². The van der Waals surface area contributed by atoms with E-state index in [4.69, 9.17) is 24.5 Å². The second-order valence-electron chi connectivity index (χ2n) is 7.10. The predicted octanol–water partition coefficient (Wildman–Crippen LogP) is 3.12. The van der Waals surface area contributed by atoms with E-state index < -0.39 is 36.6 Å². The summed E-state index contributed by atoms with van der Waals surface area (Å²) in [6, 6.07) is 17.8. The number of ether oxygens (including phenoxy) is 4. The molecule has 2 aromatic carbocycles. The summed E-state index contributed by atoms with van der Waals surface area (Å²) in [6.45, 7) is 1.80. The third-order valence-electron chi connectivity index (χ3n) is 4.80. The number of hydrogen-bond donors (Lipinski definition) is 1. The van der Waals surface area contributed by atoms with Gasteiger partial charge < -0.3 is 24.1 Å². The summed E-state index contributed by atoms with van der Waals surface area (Å²) in [5, 5.41) is 14.1. The van der Waals surface area contributed by atoms with Gasteiger partial charge in [0.15, 0.2) is 12.4 Å². The molecule has 0 saturated carbocycles. The van der Waals surface area contributed by atoms with E-state index in [0.717, 1.165) is 11.1 Å². The van der Waals surface area contributed by atoms with Crippen LogP contribution in [0.2, 0.25) is 0 Å². The summed E-state index contributed by atoms with van der Waals surface area (Å²) in [5.74, 6) is -0.550. The number of aliphatic hydroxyl groups is 1. The molecule has 0 radical (unpaired) electrons. The monoisotopic (exact) mass is 427 g/mol. The van der Waals surface area contributed by atoms with Gasteiger partial charge in [-0.25, -0.2) is 0 Å². The molecule has 2 aromatic rings. The molecule has 1 unspecified atom stereocenters. The van der Waals surface area contributed by atoms with Gasteiger partial charge >= 0.3 is 5.97 Å². The number of benzene rings is 2. The molecule has 9 nitrogen and oxygen atoms in total. The highest BCUT2D eigenvalue weighted by Gasteiger charge is 2.48. The molecule has 0 bridgehead atoms. The van der Waals surface area contributed by atoms with Crippen LogP contribution in [0.1, 0.15) is 18.1 Å². The quantitative estimate of drug-likeness (QED) is 0.284. The number of carbonyl (C=O) groups is 1. The third-order valence-corrected chi connectivity index (χ3v) is 4.80. The Hall–Kier alpha value is -2.94. The van der Waals surface area contributed by atoms with Crippen molar-refractivity contribution in [3.63, 3.8) is 0 Å². The van der Waals surface area contributed by atoms with Crippen molar-refractivity contribution in [3.05, 3.63) is 82.2 Å². The predicted molar refractivity (Wildman–Crippen MR) is 110 cm³/mol. The molecule has 0 spiro atoms. The molecule has 0 amide bonds. The lowest BCUT2D eigenvalue weighted by Gasteiger charge is -2.42. The van der Waals surface area contributed by atoms with Crippen LogP contribution < -0.4 is 0 Å². The second-order valence-corrected chi connectivity index (χ2v) is 7.10. The first-order valence-corrected chi connectivity index (χ1v) is 9.90. The van der Waals surface area contributed by atoms with Crippen molar-refractivity contribution in [2.75, 3.05) is 6.61 Å². The van der Waals surface area contributed by atoms with E-state index >= 15 is 0 Å². The lowest BCUT2D eigenvalue weighted by atomic mass is 9.97. The molecule has 31 heavy (non-hydrogen) atoms. The van der Waals surface area contributed by atoms with Gasteiger partial charge in [-0.15, -0.1) is 0 Å². The van der Waals surface area contributed by atoms with E-state index in [1.807, 2.05) is 60.7 Å². The van der Waals surface area contributed by atoms with Crippen molar-refractivity contribution in [1.29, 1.82) is 0 Å².